The first-order valence-electron chi connectivity index (χ1n) is 10.3. The van der Waals surface area contributed by atoms with E-state index in [0.29, 0.717) is 17.2 Å². The molecule has 1 aromatic carbocycles. The van der Waals surface area contributed by atoms with Gasteiger partial charge in [0, 0.05) is 29.8 Å². The third-order valence-electron chi connectivity index (χ3n) is 6.70. The molecule has 2 saturated heterocycles. The monoisotopic (exact) mass is 472 g/mol. The average molecular weight is 472 g/mol. The summed E-state index contributed by atoms with van der Waals surface area (Å²) in [6.45, 7) is 0.0301. The van der Waals surface area contributed by atoms with Crippen molar-refractivity contribution in [1.82, 2.24) is 20.0 Å². The van der Waals surface area contributed by atoms with Crippen molar-refractivity contribution in [3.8, 4) is 11.1 Å². The number of carbonyl (C=O) groups is 1. The quantitative estimate of drug-likeness (QED) is 0.576. The molecule has 170 valence electrons. The van der Waals surface area contributed by atoms with E-state index in [2.05, 4.69) is 15.3 Å². The van der Waals surface area contributed by atoms with E-state index < -0.39 is 40.7 Å². The van der Waals surface area contributed by atoms with Crippen molar-refractivity contribution in [2.24, 2.45) is 17.6 Å². The topological polar surface area (TPSA) is 122 Å². The summed E-state index contributed by atoms with van der Waals surface area (Å²) in [4.78, 5) is 17.8. The van der Waals surface area contributed by atoms with Crippen LogP contribution in [0.5, 0.6) is 0 Å². The molecule has 4 heterocycles. The summed E-state index contributed by atoms with van der Waals surface area (Å²) >= 11 is -0.833. The summed E-state index contributed by atoms with van der Waals surface area (Å²) < 4.78 is 48.2. The first kappa shape index (κ1) is 20.5. The normalized spacial score (nSPS) is 30.4. The Morgan fingerprint density at radius 2 is 1.94 bits per heavy atom. The molecule has 2 unspecified atom stereocenters. The molecule has 3 fully saturated rings. The molecule has 9 nitrogen and oxygen atoms in total. The molecular weight excluding hydrogens is 454 g/mol. The van der Waals surface area contributed by atoms with E-state index >= 15 is 0 Å². The van der Waals surface area contributed by atoms with Gasteiger partial charge in [0.05, 0.1) is 35.2 Å². The van der Waals surface area contributed by atoms with Gasteiger partial charge < -0.3 is 15.0 Å². The SMILES string of the molecule is N[C@]1(c2ccc(-c3c(F)cc(N4CC(n5ccnn5)OC4=O)cc3F)cn2)[C@@H]2C[S+]([O-])C[C@@H]21. The highest BCUT2D eigenvalue weighted by atomic mass is 32.2. The third kappa shape index (κ3) is 3.12. The smallest absolute Gasteiger partial charge is 0.416 e. The molecule has 1 saturated carbocycles. The van der Waals surface area contributed by atoms with E-state index in [1.807, 2.05) is 0 Å². The van der Waals surface area contributed by atoms with Gasteiger partial charge in [0.2, 0.25) is 6.23 Å². The Hall–Kier alpha value is -3.09. The molecule has 1 aliphatic carbocycles. The second kappa shape index (κ2) is 7.20. The van der Waals surface area contributed by atoms with Crippen molar-refractivity contribution in [3.05, 3.63) is 60.2 Å². The third-order valence-corrected chi connectivity index (χ3v) is 8.16. The van der Waals surface area contributed by atoms with Gasteiger partial charge in [-0.15, -0.1) is 5.10 Å². The lowest BCUT2D eigenvalue weighted by atomic mass is 10.0. The van der Waals surface area contributed by atoms with Crippen LogP contribution in [-0.2, 0) is 21.5 Å². The number of halogens is 2. The van der Waals surface area contributed by atoms with Crippen molar-refractivity contribution in [2.45, 2.75) is 11.8 Å². The number of anilines is 1. The number of benzene rings is 1. The van der Waals surface area contributed by atoms with Crippen molar-refractivity contribution in [1.29, 1.82) is 0 Å². The Kier molecular flexibility index (Phi) is 4.48. The van der Waals surface area contributed by atoms with Crippen LogP contribution in [0.1, 0.15) is 11.9 Å². The number of ether oxygens (including phenoxy) is 1. The largest absolute Gasteiger partial charge is 0.616 e. The lowest BCUT2D eigenvalue weighted by Gasteiger charge is -2.18. The maximum Gasteiger partial charge on any atom is 0.416 e. The first-order valence-corrected chi connectivity index (χ1v) is 11.8. The zero-order chi connectivity index (χ0) is 22.9. The van der Waals surface area contributed by atoms with E-state index in [0.717, 1.165) is 17.0 Å². The second-order valence-electron chi connectivity index (χ2n) is 8.47. The summed E-state index contributed by atoms with van der Waals surface area (Å²) in [6, 6.07) is 5.42. The van der Waals surface area contributed by atoms with Crippen LogP contribution < -0.4 is 10.6 Å². The van der Waals surface area contributed by atoms with Crippen LogP contribution in [0.4, 0.5) is 19.3 Å². The van der Waals surface area contributed by atoms with E-state index in [9.17, 15) is 18.1 Å². The Morgan fingerprint density at radius 1 is 1.21 bits per heavy atom. The van der Waals surface area contributed by atoms with Crippen molar-refractivity contribution >= 4 is 23.0 Å². The van der Waals surface area contributed by atoms with Crippen LogP contribution >= 0.6 is 0 Å². The minimum Gasteiger partial charge on any atom is -0.616 e. The Morgan fingerprint density at radius 3 is 2.55 bits per heavy atom. The van der Waals surface area contributed by atoms with Gasteiger partial charge in [0.15, 0.2) is 0 Å². The van der Waals surface area contributed by atoms with E-state index in [4.69, 9.17) is 10.5 Å². The summed E-state index contributed by atoms with van der Waals surface area (Å²) in [5.74, 6) is -0.287. The zero-order valence-corrected chi connectivity index (χ0v) is 17.9. The molecular formula is C21H18F2N6O3S. The summed E-state index contributed by atoms with van der Waals surface area (Å²) in [7, 11) is 0. The molecule has 3 aliphatic rings. The van der Waals surface area contributed by atoms with Gasteiger partial charge in [-0.3, -0.25) is 9.88 Å². The van der Waals surface area contributed by atoms with E-state index in [1.54, 1.807) is 12.1 Å². The standard InChI is InChI=1S/C21H18F2N6O3S/c22-15-5-12(28-8-18(32-20(28)30)29-4-3-26-27-29)6-16(23)19(15)11-1-2-17(25-7-11)21(24)13-9-33(31)10-14(13)21/h1-7,13-14,18H,8-10,24H2/t13-,14+,18?,21-,33?. The number of aromatic nitrogens is 4. The molecule has 12 heteroatoms. The lowest BCUT2D eigenvalue weighted by Crippen LogP contribution is -2.31. The highest BCUT2D eigenvalue weighted by Crippen LogP contribution is 2.60. The Labute approximate surface area is 189 Å². The number of rotatable bonds is 4. The molecule has 33 heavy (non-hydrogen) atoms. The number of amides is 1. The molecule has 6 rings (SSSR count). The molecule has 3 aromatic rings. The predicted molar refractivity (Wildman–Crippen MR) is 113 cm³/mol. The Bertz CT molecular complexity index is 1210. The fraction of sp³-hybridized carbons (Fsp3) is 0.333. The first-order chi connectivity index (χ1) is 15.9. The number of hydrogen-bond donors (Lipinski definition) is 1. The van der Waals surface area contributed by atoms with E-state index in [1.165, 1.54) is 23.3 Å². The summed E-state index contributed by atoms with van der Waals surface area (Å²) in [6.07, 6.45) is 2.87. The van der Waals surface area contributed by atoms with Crippen LogP contribution in [0.15, 0.2) is 42.9 Å². The Balaban J connectivity index is 1.25. The molecule has 0 radical (unpaired) electrons. The molecule has 2 N–H and O–H groups in total. The molecule has 0 spiro atoms. The van der Waals surface area contributed by atoms with Gasteiger partial charge in [-0.2, -0.15) is 0 Å². The van der Waals surface area contributed by atoms with Crippen LogP contribution in [-0.4, -0.2) is 48.7 Å². The fourth-order valence-electron chi connectivity index (χ4n) is 4.88. The van der Waals surface area contributed by atoms with Gasteiger partial charge in [-0.1, -0.05) is 22.5 Å². The number of carbonyl (C=O) groups excluding carboxylic acids is 1. The molecule has 2 aliphatic heterocycles. The lowest BCUT2D eigenvalue weighted by molar-refractivity contribution is 0.0922. The number of nitrogens with zero attached hydrogens (tertiary/aromatic N) is 5. The van der Waals surface area contributed by atoms with Crippen molar-refractivity contribution in [3.63, 3.8) is 0 Å². The molecule has 2 aromatic heterocycles. The van der Waals surface area contributed by atoms with Gasteiger partial charge in [-0.25, -0.2) is 18.3 Å². The molecule has 1 amide bonds. The number of pyridine rings is 1. The van der Waals surface area contributed by atoms with Crippen LogP contribution in [0.3, 0.4) is 0 Å². The minimum absolute atomic E-state index is 0.0301. The van der Waals surface area contributed by atoms with Gasteiger partial charge in [0.1, 0.15) is 23.1 Å². The highest BCUT2D eigenvalue weighted by molar-refractivity contribution is 7.91. The minimum atomic E-state index is -0.835. The molecule has 5 atom stereocenters. The van der Waals surface area contributed by atoms with Crippen LogP contribution in [0, 0.1) is 23.5 Å². The van der Waals surface area contributed by atoms with Gasteiger partial charge >= 0.3 is 6.09 Å². The zero-order valence-electron chi connectivity index (χ0n) is 17.1. The number of hydrogen-bond acceptors (Lipinski definition) is 7. The second-order valence-corrected chi connectivity index (χ2v) is 10.0. The van der Waals surface area contributed by atoms with Gasteiger partial charge in [-0.05, 0) is 18.2 Å². The van der Waals surface area contributed by atoms with Gasteiger partial charge in [0.25, 0.3) is 0 Å². The van der Waals surface area contributed by atoms with Crippen LogP contribution in [0.2, 0.25) is 0 Å². The number of fused-ring (bicyclic) bond motifs is 1. The van der Waals surface area contributed by atoms with Crippen molar-refractivity contribution < 1.29 is 22.9 Å². The molecule has 0 bridgehead atoms. The summed E-state index contributed by atoms with van der Waals surface area (Å²) in [5.41, 5.74) is 6.52. The van der Waals surface area contributed by atoms with E-state index in [-0.39, 0.29) is 35.2 Å². The number of cyclic esters (lactones) is 1. The van der Waals surface area contributed by atoms with Crippen molar-refractivity contribution in [2.75, 3.05) is 23.0 Å². The fourth-order valence-corrected chi connectivity index (χ4v) is 6.83. The average Bonchev–Trinajstić information content (AvgIpc) is 3.33. The highest BCUT2D eigenvalue weighted by Gasteiger charge is 2.71. The summed E-state index contributed by atoms with van der Waals surface area (Å²) in [5, 5.41) is 7.45. The number of nitrogens with two attached hydrogens (primary N) is 1. The maximum atomic E-state index is 15.0. The predicted octanol–water partition coefficient (Wildman–Crippen LogP) is 1.94. The van der Waals surface area contributed by atoms with Crippen LogP contribution in [0.25, 0.3) is 11.1 Å². The maximum absolute atomic E-state index is 15.0.